The number of rotatable bonds is 7. The van der Waals surface area contributed by atoms with Gasteiger partial charge in [0.1, 0.15) is 21.2 Å². The van der Waals surface area contributed by atoms with Gasteiger partial charge in [-0.05, 0) is 76.6 Å². The fourth-order valence-electron chi connectivity index (χ4n) is 7.32. The van der Waals surface area contributed by atoms with Crippen molar-refractivity contribution in [3.63, 3.8) is 0 Å². The molecule has 1 aliphatic heterocycles. The van der Waals surface area contributed by atoms with Crippen LogP contribution in [0.5, 0.6) is 11.5 Å². The maximum atomic E-state index is 14.0. The van der Waals surface area contributed by atoms with Gasteiger partial charge in [-0.3, -0.25) is 19.3 Å². The lowest BCUT2D eigenvalue weighted by Crippen LogP contribution is -2.57. The van der Waals surface area contributed by atoms with Crippen LogP contribution in [0, 0.1) is 18.8 Å². The molecule has 228 valence electrons. The molecule has 1 N–H and O–H groups in total. The molecule has 4 aromatic carbocycles. The minimum Gasteiger partial charge on any atom is -0.457 e. The summed E-state index contributed by atoms with van der Waals surface area (Å²) in [6, 6.07) is 28.3. The number of amides is 3. The Bertz CT molecular complexity index is 1750. The van der Waals surface area contributed by atoms with E-state index in [1.807, 2.05) is 61.5 Å². The van der Waals surface area contributed by atoms with Crippen LogP contribution in [0.4, 0.5) is 5.69 Å². The van der Waals surface area contributed by atoms with E-state index in [-0.39, 0.29) is 18.9 Å². The molecule has 45 heavy (non-hydrogen) atoms. The third-order valence-electron chi connectivity index (χ3n) is 9.40. The van der Waals surface area contributed by atoms with Crippen LogP contribution in [0.1, 0.15) is 59.6 Å². The predicted octanol–water partition coefficient (Wildman–Crippen LogP) is 7.83. The number of carbonyl (C=O) groups is 3. The highest BCUT2D eigenvalue weighted by Crippen LogP contribution is 2.69. The second-order valence-electron chi connectivity index (χ2n) is 12.4. The minimum absolute atomic E-state index is 0.0688. The lowest BCUT2D eigenvalue weighted by Gasteiger charge is -2.54. The van der Waals surface area contributed by atoms with Crippen molar-refractivity contribution < 1.29 is 19.1 Å². The Morgan fingerprint density at radius 1 is 0.822 bits per heavy atom. The summed E-state index contributed by atoms with van der Waals surface area (Å²) in [6.45, 7) is 6.19. The molecule has 2 bridgehead atoms. The molecular formula is C37H32Cl2N2O4. The van der Waals surface area contributed by atoms with Crippen molar-refractivity contribution in [2.45, 2.75) is 42.9 Å². The van der Waals surface area contributed by atoms with E-state index in [1.54, 1.807) is 24.3 Å². The number of anilines is 1. The van der Waals surface area contributed by atoms with Gasteiger partial charge in [0.15, 0.2) is 0 Å². The summed E-state index contributed by atoms with van der Waals surface area (Å²) in [5.41, 5.74) is 5.80. The van der Waals surface area contributed by atoms with Gasteiger partial charge in [0.2, 0.25) is 17.7 Å². The van der Waals surface area contributed by atoms with E-state index in [1.165, 1.54) is 4.90 Å². The first-order valence-electron chi connectivity index (χ1n) is 15.2. The zero-order valence-corrected chi connectivity index (χ0v) is 26.7. The molecule has 1 fully saturated rings. The Hall–Kier alpha value is -4.13. The SMILES string of the molecule is Cc1ccc(C(C)C)c(Oc2ccc(NC(=O)CCN3C(=O)[C@H]4[C@H](C3=O)C3(Cl)c5ccccc5C4(Cl)c4ccccc43)cc2)c1. The number of imide groups is 1. The van der Waals surface area contributed by atoms with Crippen molar-refractivity contribution in [1.29, 1.82) is 0 Å². The van der Waals surface area contributed by atoms with E-state index in [2.05, 4.69) is 31.3 Å². The first-order valence-corrected chi connectivity index (χ1v) is 15.9. The number of alkyl halides is 2. The maximum Gasteiger partial charge on any atom is 0.235 e. The molecular weight excluding hydrogens is 607 g/mol. The first kappa shape index (κ1) is 29.6. The lowest BCUT2D eigenvalue weighted by atomic mass is 9.54. The molecule has 0 saturated carbocycles. The van der Waals surface area contributed by atoms with E-state index in [0.29, 0.717) is 17.4 Å². The zero-order chi connectivity index (χ0) is 31.7. The second kappa shape index (κ2) is 10.7. The third kappa shape index (κ3) is 4.41. The van der Waals surface area contributed by atoms with Crippen LogP contribution in [0.25, 0.3) is 0 Å². The van der Waals surface area contributed by atoms with E-state index < -0.39 is 33.4 Å². The van der Waals surface area contributed by atoms with E-state index in [9.17, 15) is 14.4 Å². The highest BCUT2D eigenvalue weighted by atomic mass is 35.5. The van der Waals surface area contributed by atoms with Gasteiger partial charge >= 0.3 is 0 Å². The molecule has 4 aliphatic rings. The van der Waals surface area contributed by atoms with Gasteiger partial charge in [0, 0.05) is 18.7 Å². The Labute approximate surface area is 272 Å². The number of hydrogen-bond acceptors (Lipinski definition) is 4. The fraction of sp³-hybridized carbons (Fsp3) is 0.270. The third-order valence-corrected chi connectivity index (χ3v) is 10.7. The lowest BCUT2D eigenvalue weighted by molar-refractivity contribution is -0.140. The molecule has 4 aromatic rings. The Kier molecular flexibility index (Phi) is 7.06. The normalized spacial score (nSPS) is 24.4. The molecule has 2 atom stereocenters. The maximum absolute atomic E-state index is 14.0. The van der Waals surface area contributed by atoms with Gasteiger partial charge < -0.3 is 10.1 Å². The number of nitrogens with zero attached hydrogens (tertiary/aromatic N) is 1. The van der Waals surface area contributed by atoms with Gasteiger partial charge in [-0.1, -0.05) is 74.5 Å². The average Bonchev–Trinajstić information content (AvgIpc) is 3.29. The van der Waals surface area contributed by atoms with Crippen molar-refractivity contribution in [2.75, 3.05) is 11.9 Å². The number of halogens is 2. The Balaban J connectivity index is 1.07. The molecule has 6 nitrogen and oxygen atoms in total. The van der Waals surface area contributed by atoms with E-state index in [0.717, 1.165) is 39.1 Å². The molecule has 1 heterocycles. The van der Waals surface area contributed by atoms with Crippen LogP contribution in [0.15, 0.2) is 91.0 Å². The van der Waals surface area contributed by atoms with Crippen molar-refractivity contribution in [3.05, 3.63) is 124 Å². The van der Waals surface area contributed by atoms with E-state index in [4.69, 9.17) is 27.9 Å². The molecule has 8 rings (SSSR count). The monoisotopic (exact) mass is 638 g/mol. The van der Waals surface area contributed by atoms with Crippen molar-refractivity contribution >= 4 is 46.6 Å². The zero-order valence-electron chi connectivity index (χ0n) is 25.1. The smallest absolute Gasteiger partial charge is 0.235 e. The van der Waals surface area contributed by atoms with Crippen molar-refractivity contribution in [1.82, 2.24) is 4.90 Å². The van der Waals surface area contributed by atoms with Crippen LogP contribution in [-0.4, -0.2) is 29.2 Å². The fourth-order valence-corrected chi connectivity index (χ4v) is 8.42. The van der Waals surface area contributed by atoms with E-state index >= 15 is 0 Å². The summed E-state index contributed by atoms with van der Waals surface area (Å²) < 4.78 is 6.17. The average molecular weight is 640 g/mol. The Morgan fingerprint density at radius 3 is 1.82 bits per heavy atom. The molecule has 3 amide bonds. The summed E-state index contributed by atoms with van der Waals surface area (Å²) in [6.07, 6.45) is -0.0688. The van der Waals surface area contributed by atoms with Crippen molar-refractivity contribution in [2.24, 2.45) is 11.8 Å². The molecule has 0 radical (unpaired) electrons. The molecule has 1 saturated heterocycles. The number of nitrogens with one attached hydrogen (secondary N) is 1. The summed E-state index contributed by atoms with van der Waals surface area (Å²) in [7, 11) is 0. The van der Waals surface area contributed by atoms with Gasteiger partial charge in [-0.2, -0.15) is 0 Å². The van der Waals surface area contributed by atoms with Crippen LogP contribution in [0.2, 0.25) is 0 Å². The number of hydrogen-bond donors (Lipinski definition) is 1. The molecule has 0 unspecified atom stereocenters. The number of aryl methyl sites for hydroxylation is 1. The van der Waals surface area contributed by atoms with Crippen LogP contribution in [0.3, 0.4) is 0 Å². The summed E-state index contributed by atoms with van der Waals surface area (Å²) >= 11 is 14.9. The number of carbonyl (C=O) groups excluding carboxylic acids is 3. The molecule has 3 aliphatic carbocycles. The minimum atomic E-state index is -1.24. The molecule has 0 aromatic heterocycles. The molecule has 0 spiro atoms. The number of benzene rings is 4. The largest absolute Gasteiger partial charge is 0.457 e. The van der Waals surface area contributed by atoms with Crippen LogP contribution in [-0.2, 0) is 24.1 Å². The Morgan fingerprint density at radius 2 is 1.33 bits per heavy atom. The quantitative estimate of drug-likeness (QED) is 0.165. The summed E-state index contributed by atoms with van der Waals surface area (Å²) in [5, 5.41) is 2.87. The highest BCUT2D eigenvalue weighted by Gasteiger charge is 2.72. The number of ether oxygens (including phenoxy) is 1. The summed E-state index contributed by atoms with van der Waals surface area (Å²) in [5.74, 6) is -1.12. The van der Waals surface area contributed by atoms with Gasteiger partial charge in [0.25, 0.3) is 0 Å². The van der Waals surface area contributed by atoms with Gasteiger partial charge in [0.05, 0.1) is 11.8 Å². The van der Waals surface area contributed by atoms with Crippen LogP contribution >= 0.6 is 23.2 Å². The molecule has 8 heteroatoms. The highest BCUT2D eigenvalue weighted by molar-refractivity contribution is 6.36. The summed E-state index contributed by atoms with van der Waals surface area (Å²) in [4.78, 5) is 39.6. The second-order valence-corrected chi connectivity index (χ2v) is 13.6. The predicted molar refractivity (Wildman–Crippen MR) is 175 cm³/mol. The standard InChI is InChI=1S/C37H32Cl2N2O4/c1-21(2)25-17-12-22(3)20-30(25)45-24-15-13-23(14-16-24)40-31(42)18-19-41-34(43)32-33(35(41)44)37(39)27-9-5-4-8-26(27)36(32,38)28-10-6-7-11-29(28)37/h4-17,20-21,32-33H,18-19H2,1-3H3,(H,40,42)/t32-,33-,36?,37?/m1/s1. The van der Waals surface area contributed by atoms with Crippen molar-refractivity contribution in [3.8, 4) is 11.5 Å². The van der Waals surface area contributed by atoms with Gasteiger partial charge in [-0.15, -0.1) is 23.2 Å². The number of likely N-dealkylation sites (tertiary alicyclic amines) is 1. The van der Waals surface area contributed by atoms with Gasteiger partial charge in [-0.25, -0.2) is 0 Å². The van der Waals surface area contributed by atoms with Crippen LogP contribution < -0.4 is 10.1 Å². The first-order chi connectivity index (χ1) is 21.5. The topological polar surface area (TPSA) is 75.7 Å².